The summed E-state index contributed by atoms with van der Waals surface area (Å²) < 4.78 is 16.5. The fourth-order valence-electron chi connectivity index (χ4n) is 3.40. The first-order chi connectivity index (χ1) is 14.2. The Morgan fingerprint density at radius 3 is 2.83 bits per heavy atom. The molecule has 2 radical (unpaired) electrons. The highest BCUT2D eigenvalue weighted by atomic mass is 16.5. The molecule has 0 aliphatic carbocycles. The van der Waals surface area contributed by atoms with Gasteiger partial charge in [-0.1, -0.05) is 12.1 Å². The topological polar surface area (TPSA) is 90.6 Å². The lowest BCUT2D eigenvalue weighted by atomic mass is 10.1. The van der Waals surface area contributed by atoms with Gasteiger partial charge in [0.25, 0.3) is 0 Å². The molecule has 0 unspecified atom stereocenters. The van der Waals surface area contributed by atoms with Crippen LogP contribution in [0.25, 0.3) is 33.6 Å². The lowest BCUT2D eigenvalue weighted by molar-refractivity contribution is 0.122. The number of aromatic nitrogens is 3. The number of anilines is 1. The van der Waals surface area contributed by atoms with Crippen molar-refractivity contribution in [2.75, 3.05) is 31.2 Å². The Kier molecular flexibility index (Phi) is 4.36. The van der Waals surface area contributed by atoms with E-state index in [-0.39, 0.29) is 0 Å². The third kappa shape index (κ3) is 3.29. The molecular formula is C20H15BN4O4. The SMILES string of the molecule is [B]C(=O)Oc1cccc(-c2nc(N3CCOCC3)c3oc4ncccc4c3n2)c1. The second kappa shape index (κ2) is 7.18. The summed E-state index contributed by atoms with van der Waals surface area (Å²) in [5, 5.41) is 0.810. The maximum Gasteiger partial charge on any atom is 0.241 e. The molecule has 1 aromatic carbocycles. The Balaban J connectivity index is 1.71. The molecule has 0 atom stereocenters. The van der Waals surface area contributed by atoms with Gasteiger partial charge < -0.3 is 18.8 Å². The van der Waals surface area contributed by atoms with Crippen LogP contribution >= 0.6 is 0 Å². The number of carbonyl (C=O) groups is 1. The summed E-state index contributed by atoms with van der Waals surface area (Å²) in [5.41, 5.74) is 2.47. The number of furan rings is 1. The van der Waals surface area contributed by atoms with Crippen molar-refractivity contribution in [3.05, 3.63) is 42.6 Å². The van der Waals surface area contributed by atoms with Crippen molar-refractivity contribution in [2.45, 2.75) is 0 Å². The maximum atomic E-state index is 11.1. The fraction of sp³-hybridized carbons (Fsp3) is 0.200. The van der Waals surface area contributed by atoms with Crippen molar-refractivity contribution in [3.63, 3.8) is 0 Å². The molecule has 1 saturated heterocycles. The number of rotatable bonds is 3. The van der Waals surface area contributed by atoms with Crippen LogP contribution in [0.1, 0.15) is 0 Å². The molecule has 5 rings (SSSR count). The van der Waals surface area contributed by atoms with Gasteiger partial charge in [-0.25, -0.2) is 15.0 Å². The molecule has 3 aromatic heterocycles. The van der Waals surface area contributed by atoms with Gasteiger partial charge in [-0.2, -0.15) is 0 Å². The summed E-state index contributed by atoms with van der Waals surface area (Å²) in [5.74, 6) is 0.623. The molecule has 9 heteroatoms. The van der Waals surface area contributed by atoms with Crippen LogP contribution in [-0.2, 0) is 4.74 Å². The second-order valence-electron chi connectivity index (χ2n) is 6.56. The fourth-order valence-corrected chi connectivity index (χ4v) is 3.40. The van der Waals surface area contributed by atoms with Gasteiger partial charge >= 0.3 is 0 Å². The lowest BCUT2D eigenvalue weighted by Crippen LogP contribution is -2.37. The summed E-state index contributed by atoms with van der Waals surface area (Å²) >= 11 is 0. The summed E-state index contributed by atoms with van der Waals surface area (Å²) in [4.78, 5) is 27.0. The zero-order valence-corrected chi connectivity index (χ0v) is 15.4. The van der Waals surface area contributed by atoms with Crippen LogP contribution in [0, 0.1) is 0 Å². The Hall–Kier alpha value is -3.46. The predicted octanol–water partition coefficient (Wildman–Crippen LogP) is 2.94. The number of ether oxygens (including phenoxy) is 2. The Morgan fingerprint density at radius 2 is 2.00 bits per heavy atom. The number of hydrogen-bond donors (Lipinski definition) is 0. The number of nitrogens with zero attached hydrogens (tertiary/aromatic N) is 4. The summed E-state index contributed by atoms with van der Waals surface area (Å²) in [6, 6.07) is 10.7. The number of morpholine rings is 1. The number of hydrogen-bond acceptors (Lipinski definition) is 8. The van der Waals surface area contributed by atoms with Crippen LogP contribution in [0.5, 0.6) is 5.75 Å². The standard InChI is InChI=1S/C20H15BN4O4/c21-20(26)28-13-4-1-3-12(11-13)17-23-15-14-5-2-6-22-19(14)29-16(15)18(24-17)25-7-9-27-10-8-25/h1-6,11H,7-10H2. The summed E-state index contributed by atoms with van der Waals surface area (Å²) in [6.45, 7) is 2.62. The molecule has 4 heterocycles. The van der Waals surface area contributed by atoms with Gasteiger partial charge in [-0.3, -0.25) is 4.79 Å². The average molecular weight is 386 g/mol. The minimum absolute atomic E-state index is 0.324. The van der Waals surface area contributed by atoms with Gasteiger partial charge in [0.1, 0.15) is 11.3 Å². The smallest absolute Gasteiger partial charge is 0.241 e. The largest absolute Gasteiger partial charge is 0.436 e. The van der Waals surface area contributed by atoms with Crippen LogP contribution in [0.4, 0.5) is 10.6 Å². The highest BCUT2D eigenvalue weighted by molar-refractivity contribution is 6.55. The normalized spacial score (nSPS) is 14.4. The van der Waals surface area contributed by atoms with Crippen LogP contribution in [0.3, 0.4) is 0 Å². The van der Waals surface area contributed by atoms with Crippen molar-refractivity contribution < 1.29 is 18.7 Å². The first kappa shape index (κ1) is 17.6. The number of pyridine rings is 1. The lowest BCUT2D eigenvalue weighted by Gasteiger charge is -2.27. The van der Waals surface area contributed by atoms with E-state index in [4.69, 9.17) is 31.7 Å². The van der Waals surface area contributed by atoms with Crippen molar-refractivity contribution >= 4 is 41.7 Å². The van der Waals surface area contributed by atoms with Crippen molar-refractivity contribution in [2.24, 2.45) is 0 Å². The van der Waals surface area contributed by atoms with E-state index in [2.05, 4.69) is 9.88 Å². The number of fused-ring (bicyclic) bond motifs is 3. The van der Waals surface area contributed by atoms with E-state index < -0.39 is 5.87 Å². The monoisotopic (exact) mass is 386 g/mol. The first-order valence-corrected chi connectivity index (χ1v) is 9.15. The van der Waals surface area contributed by atoms with E-state index in [0.29, 0.717) is 66.1 Å². The summed E-state index contributed by atoms with van der Waals surface area (Å²) in [6.07, 6.45) is 1.68. The van der Waals surface area contributed by atoms with Crippen molar-refractivity contribution in [1.82, 2.24) is 15.0 Å². The van der Waals surface area contributed by atoms with E-state index in [0.717, 1.165) is 5.39 Å². The molecule has 4 aromatic rings. The zero-order valence-electron chi connectivity index (χ0n) is 15.4. The minimum Gasteiger partial charge on any atom is -0.436 e. The maximum absolute atomic E-state index is 11.1. The van der Waals surface area contributed by atoms with Crippen LogP contribution in [0.15, 0.2) is 47.0 Å². The van der Waals surface area contributed by atoms with E-state index in [1.807, 2.05) is 18.2 Å². The van der Waals surface area contributed by atoms with E-state index in [1.165, 1.54) is 0 Å². The molecule has 0 amide bonds. The van der Waals surface area contributed by atoms with Gasteiger partial charge in [0, 0.05) is 24.8 Å². The highest BCUT2D eigenvalue weighted by Gasteiger charge is 2.23. The first-order valence-electron chi connectivity index (χ1n) is 9.15. The molecule has 142 valence electrons. The third-order valence-electron chi connectivity index (χ3n) is 4.69. The highest BCUT2D eigenvalue weighted by Crippen LogP contribution is 2.34. The third-order valence-corrected chi connectivity index (χ3v) is 4.69. The molecule has 1 aliphatic rings. The molecule has 0 bridgehead atoms. The molecule has 0 N–H and O–H groups in total. The van der Waals surface area contributed by atoms with Gasteiger partial charge in [0.15, 0.2) is 17.2 Å². The second-order valence-corrected chi connectivity index (χ2v) is 6.56. The van der Waals surface area contributed by atoms with Crippen molar-refractivity contribution in [1.29, 1.82) is 0 Å². The zero-order chi connectivity index (χ0) is 19.8. The van der Waals surface area contributed by atoms with Crippen LogP contribution < -0.4 is 9.64 Å². The molecule has 1 aliphatic heterocycles. The molecule has 29 heavy (non-hydrogen) atoms. The Bertz CT molecular complexity index is 1220. The Labute approximate surface area is 166 Å². The summed E-state index contributed by atoms with van der Waals surface area (Å²) in [7, 11) is 5.13. The van der Waals surface area contributed by atoms with E-state index in [9.17, 15) is 4.79 Å². The quantitative estimate of drug-likeness (QED) is 0.497. The predicted molar refractivity (Wildman–Crippen MR) is 107 cm³/mol. The van der Waals surface area contributed by atoms with Gasteiger partial charge in [-0.05, 0) is 24.3 Å². The number of benzene rings is 1. The van der Waals surface area contributed by atoms with Crippen LogP contribution in [0.2, 0.25) is 0 Å². The average Bonchev–Trinajstić information content (AvgIpc) is 3.12. The molecule has 0 saturated carbocycles. The Morgan fingerprint density at radius 1 is 1.14 bits per heavy atom. The number of carbonyl (C=O) groups excluding carboxylic acids is 1. The van der Waals surface area contributed by atoms with Gasteiger partial charge in [-0.15, -0.1) is 0 Å². The minimum atomic E-state index is -0.876. The van der Waals surface area contributed by atoms with Crippen molar-refractivity contribution in [3.8, 4) is 17.1 Å². The van der Waals surface area contributed by atoms with E-state index in [1.54, 1.807) is 24.4 Å². The molecule has 8 nitrogen and oxygen atoms in total. The molecular weight excluding hydrogens is 371 g/mol. The molecule has 1 fully saturated rings. The van der Waals surface area contributed by atoms with Gasteiger partial charge in [0.05, 0.1) is 18.6 Å². The van der Waals surface area contributed by atoms with E-state index >= 15 is 0 Å². The van der Waals surface area contributed by atoms with Crippen LogP contribution in [-0.4, -0.2) is 55.0 Å². The van der Waals surface area contributed by atoms with Gasteiger partial charge in [0.2, 0.25) is 19.4 Å². The molecule has 0 spiro atoms.